The van der Waals surface area contributed by atoms with E-state index in [1.54, 1.807) is 23.5 Å². The molecule has 6 aromatic rings. The number of rotatable bonds is 24. The maximum Gasteiger partial charge on any atom is 0.501 e. The first kappa shape index (κ1) is 83.0. The van der Waals surface area contributed by atoms with Gasteiger partial charge in [-0.1, -0.05) is 106 Å². The number of hydrogen-bond donors (Lipinski definition) is 5. The number of aromatic nitrogens is 1. The molecule has 13 rings (SSSR count). The fraction of sp³-hybridized carbons (Fsp3) is 0.536. The number of likely N-dealkylation sites (tertiary alicyclic amines) is 2. The lowest BCUT2D eigenvalue weighted by molar-refractivity contribution is -0.144. The number of amides is 4. The minimum atomic E-state index is -6.15. The molecule has 2 aliphatic carbocycles. The Balaban J connectivity index is 0.582. The molecule has 1 aromatic heterocycles. The summed E-state index contributed by atoms with van der Waals surface area (Å²) in [6.07, 6.45) is 10.3. The van der Waals surface area contributed by atoms with Crippen LogP contribution in [0.2, 0.25) is 5.02 Å². The number of piperazine rings is 2. The average molecular weight is 1640 g/mol. The summed E-state index contributed by atoms with van der Waals surface area (Å²) in [4.78, 5) is 73.9. The number of anilines is 2. The molecule has 5 fully saturated rings. The Morgan fingerprint density at radius 3 is 2.13 bits per heavy atom. The quantitative estimate of drug-likeness (QED) is 0.0354. The van der Waals surface area contributed by atoms with Gasteiger partial charge in [0.2, 0.25) is 17.7 Å². The van der Waals surface area contributed by atoms with Crippen LogP contribution in [0.15, 0.2) is 141 Å². The van der Waals surface area contributed by atoms with Crippen molar-refractivity contribution in [1.29, 1.82) is 0 Å². The number of benzene rings is 5. The lowest BCUT2D eigenvalue weighted by atomic mass is 9.66. The van der Waals surface area contributed by atoms with Crippen molar-refractivity contribution in [2.45, 2.75) is 194 Å². The number of allylic oxidation sites excluding steroid dienone is 1. The molecule has 604 valence electrons. The van der Waals surface area contributed by atoms with Crippen LogP contribution in [-0.4, -0.2) is 208 Å². The molecule has 6 atom stereocenters. The van der Waals surface area contributed by atoms with E-state index in [9.17, 15) is 54.3 Å². The summed E-state index contributed by atoms with van der Waals surface area (Å²) in [6, 6.07) is 30.9. The highest BCUT2D eigenvalue weighted by Gasteiger charge is 2.50. The minimum absolute atomic E-state index is 0.0207. The SMILES string of the molecule is Cc1ncsc1-c1ccc([C@H](C)NC(=O)[C@@H]2C[C@@H](O)CN2C(=O)[C@@H](NC(=O)CN2CCC3(CCC(N4CCN(CC[C@H](CSc5ccccc5)Nc5ccc(S(=O)(=O)NC(=O)c6ccc7c(c6)CCC6CN(CC8=C(c9ccc(Cl)cc9)CCC(C)(C)C8)CCN76)cc5S(=O)(=O)C(F)(F)F)CC4)CC3)CC2)C(C)(C)C)cc1. The monoisotopic (exact) mass is 1630 g/mol. The van der Waals surface area contributed by atoms with Crippen molar-refractivity contribution < 1.29 is 54.3 Å². The molecular weight excluding hydrogens is 1530 g/mol. The zero-order valence-corrected chi connectivity index (χ0v) is 69.2. The third kappa shape index (κ3) is 19.6. The molecule has 0 radical (unpaired) electrons. The molecule has 7 aliphatic rings. The molecular formula is C84H107ClF3N11O9S4. The van der Waals surface area contributed by atoms with Gasteiger partial charge in [0.25, 0.3) is 25.8 Å². The maximum atomic E-state index is 14.8. The Morgan fingerprint density at radius 2 is 1.46 bits per heavy atom. The predicted molar refractivity (Wildman–Crippen MR) is 437 cm³/mol. The van der Waals surface area contributed by atoms with E-state index in [1.807, 2.05) is 118 Å². The van der Waals surface area contributed by atoms with Gasteiger partial charge in [-0.2, -0.15) is 13.2 Å². The van der Waals surface area contributed by atoms with E-state index in [-0.39, 0.29) is 59.8 Å². The van der Waals surface area contributed by atoms with E-state index in [0.29, 0.717) is 42.3 Å². The van der Waals surface area contributed by atoms with Crippen molar-refractivity contribution in [1.82, 2.24) is 44.8 Å². The number of sulfonamides is 1. The summed E-state index contributed by atoms with van der Waals surface area (Å²) in [6.45, 7) is 22.8. The van der Waals surface area contributed by atoms with Crippen LogP contribution in [0.25, 0.3) is 16.0 Å². The molecule has 20 nitrogen and oxygen atoms in total. The number of carbonyl (C=O) groups excluding carboxylic acids is 4. The normalized spacial score (nSPS) is 21.9. The molecule has 1 saturated carbocycles. The Bertz CT molecular complexity index is 4640. The summed E-state index contributed by atoms with van der Waals surface area (Å²) in [5.74, 6) is -1.71. The summed E-state index contributed by atoms with van der Waals surface area (Å²) in [5, 5.41) is 20.8. The minimum Gasteiger partial charge on any atom is -0.391 e. The number of nitrogens with zero attached hydrogens (tertiary/aromatic N) is 7. The van der Waals surface area contributed by atoms with Crippen LogP contribution in [-0.2, 0) is 40.7 Å². The van der Waals surface area contributed by atoms with Crippen molar-refractivity contribution in [3.8, 4) is 10.4 Å². The van der Waals surface area contributed by atoms with Crippen LogP contribution < -0.4 is 25.6 Å². The van der Waals surface area contributed by atoms with Crippen molar-refractivity contribution >= 4 is 95.1 Å². The van der Waals surface area contributed by atoms with E-state index in [0.717, 1.165) is 180 Å². The zero-order valence-electron chi connectivity index (χ0n) is 65.2. The standard InChI is InChI=1S/C84H107ClF3N11O9S4/c1-55(57-13-15-59(16-14-57)76-56(2)89-54-110-76)90-79(103)73-46-67(100)51-99(73)80(104)77(81(3,4)5)92-75(101)52-95-37-34-83(35-38-95)32-27-65(28-33-83)97-42-39-94(40-43-97)36-30-64(53-109-68-11-9-8-10-12-68)91-71-25-24-69(47-74(71)111(105,106)84(86,87)88)112(107,108)93-78(102)61-20-26-72-60(45-61)19-23-66-50-96(41-44-98(66)72)49-62-48-82(6,7)31-29-70(62)58-17-21-63(85)22-18-58/h8-18,20-22,24-26,45,47,54-55,64-67,73,77,91,100H,19,23,27-44,46,48-53H2,1-7H3,(H,90,103)(H,92,101)(H,93,102)/t55-,64+,66?,67+,73-,77+/m0/s1. The van der Waals surface area contributed by atoms with E-state index >= 15 is 0 Å². The van der Waals surface area contributed by atoms with Crippen molar-refractivity contribution in [2.24, 2.45) is 16.2 Å². The molecule has 5 aliphatic heterocycles. The number of thiazole rings is 1. The number of aliphatic hydroxyl groups excluding tert-OH is 1. The first-order chi connectivity index (χ1) is 53.2. The number of sulfone groups is 1. The molecule has 4 saturated heterocycles. The van der Waals surface area contributed by atoms with E-state index < -0.39 is 82.3 Å². The fourth-order valence-electron chi connectivity index (χ4n) is 17.9. The molecule has 5 aromatic carbocycles. The Labute approximate surface area is 671 Å². The molecule has 6 heterocycles. The van der Waals surface area contributed by atoms with E-state index in [2.05, 4.69) is 71.4 Å². The second-order valence-electron chi connectivity index (χ2n) is 34.0. The van der Waals surface area contributed by atoms with Crippen LogP contribution in [0, 0.1) is 23.2 Å². The lowest BCUT2D eigenvalue weighted by Crippen LogP contribution is -2.59. The van der Waals surface area contributed by atoms with Crippen molar-refractivity contribution in [3.63, 3.8) is 0 Å². The number of thioether (sulfide) groups is 1. The van der Waals surface area contributed by atoms with Gasteiger partial charge in [0, 0.05) is 117 Å². The van der Waals surface area contributed by atoms with Gasteiger partial charge >= 0.3 is 5.51 Å². The Morgan fingerprint density at radius 1 is 0.759 bits per heavy atom. The summed E-state index contributed by atoms with van der Waals surface area (Å²) in [7, 11) is -11.1. The third-order valence-corrected chi connectivity index (χ3v) is 29.7. The molecule has 4 amide bonds. The van der Waals surface area contributed by atoms with Gasteiger partial charge in [-0.3, -0.25) is 33.9 Å². The first-order valence-corrected chi connectivity index (χ1v) is 44.7. The van der Waals surface area contributed by atoms with Crippen molar-refractivity contribution in [3.05, 3.63) is 159 Å². The number of nitrogens with one attached hydrogen (secondary N) is 4. The van der Waals surface area contributed by atoms with Gasteiger partial charge in [0.1, 0.15) is 17.0 Å². The zero-order chi connectivity index (χ0) is 79.7. The van der Waals surface area contributed by atoms with Crippen molar-refractivity contribution in [2.75, 3.05) is 101 Å². The number of fused-ring (bicyclic) bond motifs is 3. The number of aryl methyl sites for hydroxylation is 2. The smallest absolute Gasteiger partial charge is 0.391 e. The first-order valence-electron chi connectivity index (χ1n) is 39.5. The lowest BCUT2D eigenvalue weighted by Gasteiger charge is -2.49. The highest BCUT2D eigenvalue weighted by Crippen LogP contribution is 2.47. The molecule has 1 spiro atoms. The van der Waals surface area contributed by atoms with Crippen LogP contribution >= 0.6 is 34.7 Å². The number of alkyl halides is 3. The van der Waals surface area contributed by atoms with Crippen LogP contribution in [0.5, 0.6) is 0 Å². The highest BCUT2D eigenvalue weighted by atomic mass is 35.5. The second kappa shape index (κ2) is 34.5. The number of β-amino-alcohol motifs (C(OH)–C–C–N with tert-alkyl or cyclic N) is 1. The second-order valence-corrected chi connectivity index (χ2v) is 39.9. The number of halogens is 4. The molecule has 112 heavy (non-hydrogen) atoms. The average Bonchev–Trinajstić information content (AvgIpc) is 0.938. The highest BCUT2D eigenvalue weighted by molar-refractivity contribution is 7.99. The summed E-state index contributed by atoms with van der Waals surface area (Å²) < 4.78 is 102. The molecule has 28 heteroatoms. The number of carbonyl (C=O) groups is 4. The van der Waals surface area contributed by atoms with Gasteiger partial charge in [-0.05, 0) is 209 Å². The fourth-order valence-corrected chi connectivity index (χ4v) is 21.8. The predicted octanol–water partition coefficient (Wildman–Crippen LogP) is 13.3. The molecule has 5 N–H and O–H groups in total. The van der Waals surface area contributed by atoms with Crippen LogP contribution in [0.1, 0.15) is 157 Å². The Kier molecular flexibility index (Phi) is 25.6. The summed E-state index contributed by atoms with van der Waals surface area (Å²) >= 11 is 9.30. The topological polar surface area (TPSA) is 237 Å². The third-order valence-electron chi connectivity index (χ3n) is 24.5. The van der Waals surface area contributed by atoms with Gasteiger partial charge in [-0.25, -0.2) is 26.5 Å². The number of piperidine rings is 1. The van der Waals surface area contributed by atoms with E-state index in [4.69, 9.17) is 11.6 Å². The Hall–Kier alpha value is -6.92. The molecule has 1 unspecified atom stereocenters. The van der Waals surface area contributed by atoms with Gasteiger partial charge in [0.15, 0.2) is 0 Å². The van der Waals surface area contributed by atoms with Crippen LogP contribution in [0.3, 0.4) is 0 Å². The van der Waals surface area contributed by atoms with E-state index in [1.165, 1.54) is 33.4 Å². The van der Waals surface area contributed by atoms with Gasteiger partial charge < -0.3 is 35.8 Å². The summed E-state index contributed by atoms with van der Waals surface area (Å²) in [5.41, 5.74) is 4.09. The number of aliphatic hydroxyl groups is 1. The largest absolute Gasteiger partial charge is 0.501 e. The van der Waals surface area contributed by atoms with Crippen LogP contribution in [0.4, 0.5) is 24.5 Å². The molecule has 0 bridgehead atoms. The number of hydrogen-bond acceptors (Lipinski definition) is 18. The van der Waals surface area contributed by atoms with Gasteiger partial charge in [-0.15, -0.1) is 23.1 Å². The maximum absolute atomic E-state index is 14.8. The van der Waals surface area contributed by atoms with Gasteiger partial charge in [0.05, 0.1) is 45.4 Å².